The Kier molecular flexibility index (Phi) is 27.7. The Morgan fingerprint density at radius 2 is 0.652 bits per heavy atom. The predicted molar refractivity (Wildman–Crippen MR) is 567 cm³/mol. The van der Waals surface area contributed by atoms with Crippen LogP contribution in [-0.2, 0) is 79.4 Å². The smallest absolute Gasteiger partial charge is 0.228 e. The second-order valence-electron chi connectivity index (χ2n) is 37.5. The fourth-order valence-electron chi connectivity index (χ4n) is 17.6. The number of oxazole rings is 3. The van der Waals surface area contributed by atoms with Gasteiger partial charge in [-0.05, 0) is 181 Å². The summed E-state index contributed by atoms with van der Waals surface area (Å²) in [4.78, 5) is 29.5. The zero-order valence-electron chi connectivity index (χ0n) is 78.4. The average molecular weight is 2400 g/mol. The molecule has 23 aromatic rings. The van der Waals surface area contributed by atoms with Crippen LogP contribution < -0.4 is 0 Å². The first-order valence-corrected chi connectivity index (χ1v) is 46.8. The van der Waals surface area contributed by atoms with Gasteiger partial charge in [-0.2, -0.15) is 0 Å². The van der Waals surface area contributed by atoms with Crippen molar-refractivity contribution in [2.75, 3.05) is 0 Å². The van der Waals surface area contributed by atoms with Crippen LogP contribution in [0.5, 0.6) is 17.2 Å². The van der Waals surface area contributed by atoms with Crippen LogP contribution in [0.15, 0.2) is 397 Å². The standard InChI is InChI=1S/C42H31N2O3.C42H31N2O2S.C40H31N2O2.3Pt/c1-42(2,3)29-20-21-36(45)28(22-29)25-43-35-18-9-7-15-33(35)41-44-39-34(26-12-5-4-6-13-26)23-27(24-38(39)47-41)30-16-11-17-32-31-14-8-10-19-37(31)46-40(30)32;1-42(2,3)29-20-21-36(45)28(22-29)25-43-35-18-9-7-15-33(35)41-44-39-34(26-12-5-4-6-13-26)23-27(24-37(39)46-41)30-16-11-17-32-31-14-8-10-19-38(31)47-40(30)32;1-40(2,3)32-19-20-36(43)31(22-32)25-41-35-16-10-9-15-33(35)39-42-38-34(27-12-5-4-6-13-27)23-30(24-37(38)44-39)29-18-17-26-11-7-8-14-28(26)21-29;;;/h2*4-12,14-25,45H,1-3H3;4-12,14-25,43H,1-3H3;;;/q3*-1;;;. The molecule has 5 aromatic heterocycles. The number of hydrogen-bond donors (Lipinski definition) is 3. The van der Waals surface area contributed by atoms with Gasteiger partial charge in [0.2, 0.25) is 17.7 Å². The molecule has 17 heteroatoms. The molecule has 13 nitrogen and oxygen atoms in total. The number of aromatic hydroxyl groups is 3. The van der Waals surface area contributed by atoms with Crippen molar-refractivity contribution in [3.63, 3.8) is 0 Å². The summed E-state index contributed by atoms with van der Waals surface area (Å²) in [6.45, 7) is 19.3. The molecule has 0 bridgehead atoms. The molecule has 700 valence electrons. The third-order valence-electron chi connectivity index (χ3n) is 25.1. The fraction of sp³-hybridized carbons (Fsp3) is 0.0968. The monoisotopic (exact) mass is 2390 g/mol. The molecular weight excluding hydrogens is 2300 g/mol. The summed E-state index contributed by atoms with van der Waals surface area (Å²) in [5.74, 6) is 1.97. The van der Waals surface area contributed by atoms with Crippen molar-refractivity contribution < 1.29 is 96.2 Å². The fourth-order valence-corrected chi connectivity index (χ4v) is 18.9. The summed E-state index contributed by atoms with van der Waals surface area (Å²) >= 11 is 1.81. The number of aromatic nitrogens is 3. The number of phenolic OH excluding ortho intramolecular Hbond substituents is 3. The number of hydrogen-bond acceptors (Lipinski definition) is 14. The van der Waals surface area contributed by atoms with Gasteiger partial charge in [-0.1, -0.05) is 261 Å². The Hall–Kier alpha value is -14.9. The molecule has 0 amide bonds. The van der Waals surface area contributed by atoms with Crippen molar-refractivity contribution in [1.29, 1.82) is 0 Å². The molecule has 0 aliphatic heterocycles. The van der Waals surface area contributed by atoms with Crippen LogP contribution in [0.4, 0.5) is 17.1 Å². The number of phenols is 3. The van der Waals surface area contributed by atoms with Crippen LogP contribution in [0, 0.1) is 18.2 Å². The van der Waals surface area contributed by atoms with Crippen molar-refractivity contribution in [3.8, 4) is 118 Å². The van der Waals surface area contributed by atoms with Gasteiger partial charge in [-0.3, -0.25) is 15.0 Å². The zero-order valence-corrected chi connectivity index (χ0v) is 86.0. The molecule has 0 fully saturated rings. The van der Waals surface area contributed by atoms with Gasteiger partial charge in [-0.25, -0.2) is 15.0 Å². The Labute approximate surface area is 864 Å². The Bertz CT molecular complexity index is 8370. The van der Waals surface area contributed by atoms with Crippen LogP contribution in [-0.4, -0.2) is 48.9 Å². The first-order valence-electron chi connectivity index (χ1n) is 46.0. The summed E-state index contributed by atoms with van der Waals surface area (Å²) < 4.78 is 28.5. The summed E-state index contributed by atoms with van der Waals surface area (Å²) in [7, 11) is 0. The minimum absolute atomic E-state index is 0. The summed E-state index contributed by atoms with van der Waals surface area (Å²) in [6, 6.07) is 131. The van der Waals surface area contributed by atoms with Gasteiger partial charge in [0, 0.05) is 135 Å². The van der Waals surface area contributed by atoms with Gasteiger partial charge >= 0.3 is 0 Å². The number of furan rings is 1. The molecule has 0 unspecified atom stereocenters. The second kappa shape index (κ2) is 40.5. The van der Waals surface area contributed by atoms with Gasteiger partial charge in [0.15, 0.2) is 0 Å². The maximum absolute atomic E-state index is 10.6. The molecule has 0 saturated carbocycles. The number of thiophene rings is 1. The maximum atomic E-state index is 10.6. The van der Waals surface area contributed by atoms with E-state index in [1.54, 1.807) is 36.8 Å². The van der Waals surface area contributed by atoms with Gasteiger partial charge in [-0.15, -0.1) is 119 Å². The number of benzene rings is 18. The normalized spacial score (nSPS) is 11.8. The first-order chi connectivity index (χ1) is 67.0. The Morgan fingerprint density at radius 3 is 1.11 bits per heavy atom. The zero-order chi connectivity index (χ0) is 94.5. The van der Waals surface area contributed by atoms with Crippen LogP contribution in [0.25, 0.3) is 187 Å². The van der Waals surface area contributed by atoms with Crippen LogP contribution in [0.1, 0.15) is 95.7 Å². The van der Waals surface area contributed by atoms with Crippen LogP contribution in [0.3, 0.4) is 0 Å². The topological polar surface area (TPSA) is 189 Å². The van der Waals surface area contributed by atoms with E-state index >= 15 is 0 Å². The van der Waals surface area contributed by atoms with Gasteiger partial charge in [0.25, 0.3) is 0 Å². The predicted octanol–water partition coefficient (Wildman–Crippen LogP) is 33.6. The van der Waals surface area contributed by atoms with Gasteiger partial charge in [0.05, 0.1) is 50.3 Å². The van der Waals surface area contributed by atoms with E-state index in [9.17, 15) is 15.3 Å². The van der Waals surface area contributed by atoms with Crippen LogP contribution >= 0.6 is 11.3 Å². The largest absolute Gasteiger partial charge is 0.507 e. The summed E-state index contributed by atoms with van der Waals surface area (Å²) in [6.07, 6.45) is 5.11. The van der Waals surface area contributed by atoms with E-state index in [-0.39, 0.29) is 96.7 Å². The van der Waals surface area contributed by atoms with Crippen molar-refractivity contribution in [2.24, 2.45) is 15.0 Å². The van der Waals surface area contributed by atoms with E-state index in [0.717, 1.165) is 139 Å². The van der Waals surface area contributed by atoms with Crippen molar-refractivity contribution in [1.82, 2.24) is 15.0 Å². The minimum atomic E-state index is -0.0604. The molecule has 23 rings (SSSR count). The average Bonchev–Trinajstić information content (AvgIpc) is 1.61. The molecule has 18 aromatic carbocycles. The minimum Gasteiger partial charge on any atom is -0.507 e. The SMILES string of the molecule is CC(C)(C)c1ccc(O)c(C=Nc2ccccc2-c2nc3c(-c4[c-]cccc4)cc(-c4ccc5ccccc5c4)cc3o2)c1.CC(C)(C)c1ccc(O)c(C=Nc2ccccc2-c2nc3c(-c4[c-]cccc4)cc(-c4cccc5c4oc4ccccc45)cc3o2)c1.CC(C)(C)c1ccc(O)c(C=Nc2ccccc2-c2nc3c(-c4[c-]cccc4)cc(-c4cccc5c4sc4ccccc45)cc3o2)c1.[Pt].[Pt].[Pt]. The second-order valence-corrected chi connectivity index (χ2v) is 38.6. The van der Waals surface area contributed by atoms with Crippen molar-refractivity contribution in [2.45, 2.75) is 78.6 Å². The number of fused-ring (bicyclic) bond motifs is 10. The quantitative estimate of drug-likeness (QED) is 0.0658. The van der Waals surface area contributed by atoms with Gasteiger partial charge in [0.1, 0.15) is 45.2 Å². The molecule has 3 N–H and O–H groups in total. The Balaban J connectivity index is 0.000000138. The molecule has 0 spiro atoms. The van der Waals surface area contributed by atoms with E-state index in [2.05, 4.69) is 226 Å². The molecule has 0 radical (unpaired) electrons. The molecule has 0 aliphatic rings. The van der Waals surface area contributed by atoms with E-state index in [1.165, 1.54) is 30.9 Å². The van der Waals surface area contributed by atoms with Crippen LogP contribution in [0.2, 0.25) is 0 Å². The van der Waals surface area contributed by atoms with E-state index < -0.39 is 0 Å². The van der Waals surface area contributed by atoms with Crippen molar-refractivity contribution >= 4 is 133 Å². The van der Waals surface area contributed by atoms with E-state index in [1.807, 2.05) is 212 Å². The molecule has 0 saturated heterocycles. The number of rotatable bonds is 15. The summed E-state index contributed by atoms with van der Waals surface area (Å²) in [5.41, 5.74) is 27.4. The van der Waals surface area contributed by atoms with E-state index in [4.69, 9.17) is 47.6 Å². The number of para-hydroxylation sites is 5. The van der Waals surface area contributed by atoms with E-state index in [0.29, 0.717) is 68.2 Å². The number of aliphatic imine (C=N–C) groups is 3. The maximum Gasteiger partial charge on any atom is 0.228 e. The number of nitrogens with zero attached hydrogens (tertiary/aromatic N) is 6. The van der Waals surface area contributed by atoms with Gasteiger partial charge < -0.3 is 33.0 Å². The third kappa shape index (κ3) is 20.0. The molecule has 0 aliphatic carbocycles. The molecule has 0 atom stereocenters. The third-order valence-corrected chi connectivity index (χ3v) is 26.3. The van der Waals surface area contributed by atoms with Crippen molar-refractivity contribution in [3.05, 3.63) is 416 Å². The Morgan fingerprint density at radius 1 is 0.284 bits per heavy atom. The molecular formula is C124H93N6O7Pt3S-3. The molecule has 141 heavy (non-hydrogen) atoms. The molecule has 5 heterocycles. The summed E-state index contributed by atoms with van der Waals surface area (Å²) in [5, 5.41) is 38.8. The first kappa shape index (κ1) is 96.4.